The van der Waals surface area contributed by atoms with Gasteiger partial charge in [0, 0.05) is 5.69 Å². The van der Waals surface area contributed by atoms with Crippen LogP contribution in [0.3, 0.4) is 0 Å². The molecule has 0 aliphatic heterocycles. The van der Waals surface area contributed by atoms with E-state index in [1.807, 2.05) is 0 Å². The molecular formula is C13H17N3O3S. The van der Waals surface area contributed by atoms with E-state index in [1.165, 1.54) is 12.1 Å². The molecule has 0 aliphatic rings. The summed E-state index contributed by atoms with van der Waals surface area (Å²) in [5.41, 5.74) is 1.92. The maximum absolute atomic E-state index is 11.7. The lowest BCUT2D eigenvalue weighted by Crippen LogP contribution is -2.28. The van der Waals surface area contributed by atoms with E-state index in [0.29, 0.717) is 5.69 Å². The Labute approximate surface area is 118 Å². The van der Waals surface area contributed by atoms with Crippen LogP contribution in [-0.4, -0.2) is 27.4 Å². The number of hydrogen-bond donors (Lipinski definition) is 3. The van der Waals surface area contributed by atoms with Gasteiger partial charge in [-0.1, -0.05) is 5.92 Å². The minimum atomic E-state index is -3.81. The highest BCUT2D eigenvalue weighted by Crippen LogP contribution is 2.23. The van der Waals surface area contributed by atoms with E-state index < -0.39 is 10.0 Å². The van der Waals surface area contributed by atoms with Crippen LogP contribution in [0, 0.1) is 26.2 Å². The predicted octanol–water partition coefficient (Wildman–Crippen LogP) is 0.112. The molecule has 20 heavy (non-hydrogen) atoms. The third-order valence-corrected chi connectivity index (χ3v) is 3.65. The van der Waals surface area contributed by atoms with Crippen molar-refractivity contribution in [3.05, 3.63) is 23.3 Å². The highest BCUT2D eigenvalue weighted by atomic mass is 32.2. The maximum atomic E-state index is 11.7. The average Bonchev–Trinajstić information content (AvgIpc) is 2.33. The van der Waals surface area contributed by atoms with Crippen molar-refractivity contribution in [1.82, 2.24) is 5.32 Å². The lowest BCUT2D eigenvalue weighted by molar-refractivity contribution is -0.115. The highest BCUT2D eigenvalue weighted by molar-refractivity contribution is 7.89. The first-order chi connectivity index (χ1) is 9.25. The van der Waals surface area contributed by atoms with Gasteiger partial charge in [-0.2, -0.15) is 0 Å². The molecule has 1 rings (SSSR count). The Morgan fingerprint density at radius 3 is 2.60 bits per heavy atom. The fourth-order valence-corrected chi connectivity index (χ4v) is 2.19. The molecule has 0 heterocycles. The molecule has 4 N–H and O–H groups in total. The second-order valence-corrected chi connectivity index (χ2v) is 5.88. The number of nitrogens with one attached hydrogen (secondary N) is 2. The molecular weight excluding hydrogens is 278 g/mol. The molecule has 1 aromatic rings. The summed E-state index contributed by atoms with van der Waals surface area (Å²) in [5.74, 6) is 2.04. The topological polar surface area (TPSA) is 101 Å². The van der Waals surface area contributed by atoms with Crippen LogP contribution >= 0.6 is 0 Å². The summed E-state index contributed by atoms with van der Waals surface area (Å²) in [7, 11) is -3.81. The van der Waals surface area contributed by atoms with Gasteiger partial charge in [0.05, 0.1) is 18.0 Å². The number of rotatable bonds is 5. The number of aryl methyl sites for hydroxylation is 1. The van der Waals surface area contributed by atoms with Crippen molar-refractivity contribution in [3.8, 4) is 12.3 Å². The smallest absolute Gasteiger partial charge is 0.238 e. The van der Waals surface area contributed by atoms with Gasteiger partial charge < -0.3 is 5.32 Å². The van der Waals surface area contributed by atoms with Gasteiger partial charge in [0.25, 0.3) is 0 Å². The van der Waals surface area contributed by atoms with Crippen molar-refractivity contribution >= 4 is 21.6 Å². The van der Waals surface area contributed by atoms with E-state index >= 15 is 0 Å². The first-order valence-corrected chi connectivity index (χ1v) is 7.38. The average molecular weight is 295 g/mol. The number of nitrogens with two attached hydrogens (primary N) is 1. The van der Waals surface area contributed by atoms with Crippen molar-refractivity contribution < 1.29 is 13.2 Å². The molecule has 0 atom stereocenters. The third kappa shape index (κ3) is 4.35. The molecule has 0 saturated heterocycles. The minimum absolute atomic E-state index is 0.0347. The molecule has 1 aromatic carbocycles. The Morgan fingerprint density at radius 2 is 2.05 bits per heavy atom. The standard InChI is InChI=1S/C13H17N3O3S/c1-4-5-15-8-13(17)16-12-7-11(20(14,18)19)6-9(2)10(12)3/h1,6-7,15H,5,8H2,2-3H3,(H,16,17)(H2,14,18,19). The van der Waals surface area contributed by atoms with Gasteiger partial charge in [-0.15, -0.1) is 6.42 Å². The van der Waals surface area contributed by atoms with E-state index in [9.17, 15) is 13.2 Å². The van der Waals surface area contributed by atoms with Gasteiger partial charge in [0.15, 0.2) is 0 Å². The summed E-state index contributed by atoms with van der Waals surface area (Å²) in [4.78, 5) is 11.7. The predicted molar refractivity (Wildman–Crippen MR) is 77.6 cm³/mol. The molecule has 1 amide bonds. The Morgan fingerprint density at radius 1 is 1.40 bits per heavy atom. The molecule has 0 saturated carbocycles. The van der Waals surface area contributed by atoms with E-state index in [2.05, 4.69) is 16.6 Å². The number of carbonyl (C=O) groups excluding carboxylic acids is 1. The van der Waals surface area contributed by atoms with Crippen LogP contribution in [0.1, 0.15) is 11.1 Å². The first kappa shape index (κ1) is 16.2. The zero-order chi connectivity index (χ0) is 15.3. The lowest BCUT2D eigenvalue weighted by atomic mass is 10.1. The largest absolute Gasteiger partial charge is 0.325 e. The van der Waals surface area contributed by atoms with Gasteiger partial charge in [-0.05, 0) is 37.1 Å². The Balaban J connectivity index is 2.98. The van der Waals surface area contributed by atoms with E-state index in [1.54, 1.807) is 13.8 Å². The fraction of sp³-hybridized carbons (Fsp3) is 0.308. The quantitative estimate of drug-likeness (QED) is 0.530. The van der Waals surface area contributed by atoms with Crippen LogP contribution in [-0.2, 0) is 14.8 Å². The number of terminal acetylenes is 1. The number of amides is 1. The fourth-order valence-electron chi connectivity index (χ4n) is 1.56. The van der Waals surface area contributed by atoms with Crippen molar-refractivity contribution in [1.29, 1.82) is 0 Å². The van der Waals surface area contributed by atoms with Crippen molar-refractivity contribution in [2.75, 3.05) is 18.4 Å². The molecule has 6 nitrogen and oxygen atoms in total. The van der Waals surface area contributed by atoms with E-state index in [4.69, 9.17) is 11.6 Å². The number of anilines is 1. The number of hydrogen-bond acceptors (Lipinski definition) is 4. The third-order valence-electron chi connectivity index (χ3n) is 2.76. The molecule has 108 valence electrons. The zero-order valence-corrected chi connectivity index (χ0v) is 12.2. The van der Waals surface area contributed by atoms with Gasteiger partial charge in [0.1, 0.15) is 0 Å². The summed E-state index contributed by atoms with van der Waals surface area (Å²) in [6.45, 7) is 3.86. The second kappa shape index (κ2) is 6.52. The van der Waals surface area contributed by atoms with E-state index in [0.717, 1.165) is 11.1 Å². The van der Waals surface area contributed by atoms with Crippen molar-refractivity contribution in [2.24, 2.45) is 5.14 Å². The van der Waals surface area contributed by atoms with Crippen LogP contribution in [0.25, 0.3) is 0 Å². The second-order valence-electron chi connectivity index (χ2n) is 4.31. The zero-order valence-electron chi connectivity index (χ0n) is 11.4. The van der Waals surface area contributed by atoms with Crippen LogP contribution in [0.2, 0.25) is 0 Å². The number of carbonyl (C=O) groups is 1. The summed E-state index contributed by atoms with van der Waals surface area (Å²) in [5, 5.41) is 10.5. The number of primary sulfonamides is 1. The van der Waals surface area contributed by atoms with Gasteiger partial charge in [-0.3, -0.25) is 10.1 Å². The maximum Gasteiger partial charge on any atom is 0.238 e. The Kier molecular flexibility index (Phi) is 5.27. The summed E-state index contributed by atoms with van der Waals surface area (Å²) < 4.78 is 22.8. The van der Waals surface area contributed by atoms with Crippen molar-refractivity contribution in [3.63, 3.8) is 0 Å². The van der Waals surface area contributed by atoms with Crippen molar-refractivity contribution in [2.45, 2.75) is 18.7 Å². The Hall–Kier alpha value is -1.88. The minimum Gasteiger partial charge on any atom is -0.325 e. The molecule has 0 fully saturated rings. The van der Waals surface area contributed by atoms with Gasteiger partial charge >= 0.3 is 0 Å². The van der Waals surface area contributed by atoms with Crippen LogP contribution in [0.15, 0.2) is 17.0 Å². The summed E-state index contributed by atoms with van der Waals surface area (Å²) >= 11 is 0. The summed E-state index contributed by atoms with van der Waals surface area (Å²) in [6, 6.07) is 2.81. The molecule has 0 unspecified atom stereocenters. The lowest BCUT2D eigenvalue weighted by Gasteiger charge is -2.12. The molecule has 0 radical (unpaired) electrons. The first-order valence-electron chi connectivity index (χ1n) is 5.83. The molecule has 0 bridgehead atoms. The SMILES string of the molecule is C#CCNCC(=O)Nc1cc(S(N)(=O)=O)cc(C)c1C. The summed E-state index contributed by atoms with van der Waals surface area (Å²) in [6.07, 6.45) is 5.05. The number of benzene rings is 1. The van der Waals surface area contributed by atoms with Crippen LogP contribution in [0.5, 0.6) is 0 Å². The van der Waals surface area contributed by atoms with Gasteiger partial charge in [-0.25, -0.2) is 13.6 Å². The number of sulfonamides is 1. The molecule has 0 spiro atoms. The van der Waals surface area contributed by atoms with Gasteiger partial charge in [0.2, 0.25) is 15.9 Å². The highest BCUT2D eigenvalue weighted by Gasteiger charge is 2.13. The van der Waals surface area contributed by atoms with Crippen LogP contribution < -0.4 is 15.8 Å². The Bertz CT molecular complexity index is 660. The molecule has 0 aromatic heterocycles. The van der Waals surface area contributed by atoms with Crippen LogP contribution in [0.4, 0.5) is 5.69 Å². The molecule has 7 heteroatoms. The van der Waals surface area contributed by atoms with E-state index in [-0.39, 0.29) is 23.9 Å². The normalized spacial score (nSPS) is 10.9. The monoisotopic (exact) mass is 295 g/mol. The molecule has 0 aliphatic carbocycles.